The summed E-state index contributed by atoms with van der Waals surface area (Å²) in [7, 11) is 0. The number of benzene rings is 1. The predicted octanol–water partition coefficient (Wildman–Crippen LogP) is 2.74. The quantitative estimate of drug-likeness (QED) is 0.765. The van der Waals surface area contributed by atoms with Gasteiger partial charge in [0.15, 0.2) is 0 Å². The molecule has 0 unspecified atom stereocenters. The van der Waals surface area contributed by atoms with Gasteiger partial charge in [0, 0.05) is 35.0 Å². The van der Waals surface area contributed by atoms with E-state index in [1.54, 1.807) is 6.07 Å². The standard InChI is InChI=1S/C12H17FN2S/c1-12(2)8-15(3-4-16-12)11-6-9(13)5-10(14)7-11/h5-7H,3-4,8,14H2,1-2H3. The van der Waals surface area contributed by atoms with Gasteiger partial charge in [0.2, 0.25) is 0 Å². The molecule has 0 aliphatic carbocycles. The maximum absolute atomic E-state index is 13.3. The van der Waals surface area contributed by atoms with Crippen LogP contribution in [-0.2, 0) is 0 Å². The number of hydrogen-bond donors (Lipinski definition) is 1. The zero-order valence-electron chi connectivity index (χ0n) is 9.66. The molecular formula is C12H17FN2S. The van der Waals surface area contributed by atoms with E-state index in [1.165, 1.54) is 6.07 Å². The van der Waals surface area contributed by atoms with Crippen LogP contribution in [0.2, 0.25) is 0 Å². The molecule has 0 bridgehead atoms. The van der Waals surface area contributed by atoms with Gasteiger partial charge in [-0.15, -0.1) is 0 Å². The number of nitrogens with two attached hydrogens (primary N) is 1. The lowest BCUT2D eigenvalue weighted by Gasteiger charge is -2.39. The minimum atomic E-state index is -0.258. The van der Waals surface area contributed by atoms with Crippen molar-refractivity contribution in [3.8, 4) is 0 Å². The van der Waals surface area contributed by atoms with Gasteiger partial charge in [-0.1, -0.05) is 0 Å². The Hall–Kier alpha value is -0.900. The first-order valence-electron chi connectivity index (χ1n) is 5.41. The van der Waals surface area contributed by atoms with E-state index >= 15 is 0 Å². The van der Waals surface area contributed by atoms with Crippen molar-refractivity contribution >= 4 is 23.1 Å². The molecule has 0 amide bonds. The molecule has 2 nitrogen and oxygen atoms in total. The second-order valence-corrected chi connectivity index (χ2v) is 6.57. The van der Waals surface area contributed by atoms with Gasteiger partial charge in [-0.05, 0) is 32.0 Å². The molecule has 4 heteroatoms. The van der Waals surface area contributed by atoms with Crippen LogP contribution in [0.25, 0.3) is 0 Å². The van der Waals surface area contributed by atoms with Crippen LogP contribution in [0.1, 0.15) is 13.8 Å². The van der Waals surface area contributed by atoms with Crippen LogP contribution in [0.3, 0.4) is 0 Å². The average molecular weight is 240 g/mol. The van der Waals surface area contributed by atoms with Gasteiger partial charge < -0.3 is 10.6 Å². The van der Waals surface area contributed by atoms with Gasteiger partial charge in [0.25, 0.3) is 0 Å². The van der Waals surface area contributed by atoms with E-state index in [2.05, 4.69) is 18.7 Å². The van der Waals surface area contributed by atoms with E-state index in [4.69, 9.17) is 5.73 Å². The first-order chi connectivity index (χ1) is 7.46. The number of rotatable bonds is 1. The van der Waals surface area contributed by atoms with E-state index < -0.39 is 0 Å². The molecule has 2 N–H and O–H groups in total. The minimum absolute atomic E-state index is 0.222. The zero-order valence-corrected chi connectivity index (χ0v) is 10.5. The summed E-state index contributed by atoms with van der Waals surface area (Å²) >= 11 is 1.96. The van der Waals surface area contributed by atoms with E-state index in [1.807, 2.05) is 17.8 Å². The normalized spacial score (nSPS) is 19.8. The monoisotopic (exact) mass is 240 g/mol. The van der Waals surface area contributed by atoms with Crippen LogP contribution < -0.4 is 10.6 Å². The Morgan fingerprint density at radius 3 is 2.75 bits per heavy atom. The highest BCUT2D eigenvalue weighted by molar-refractivity contribution is 8.00. The molecule has 1 heterocycles. The fraction of sp³-hybridized carbons (Fsp3) is 0.500. The van der Waals surface area contributed by atoms with Crippen LogP contribution in [-0.4, -0.2) is 23.6 Å². The maximum atomic E-state index is 13.3. The van der Waals surface area contributed by atoms with E-state index in [9.17, 15) is 4.39 Å². The van der Waals surface area contributed by atoms with Gasteiger partial charge >= 0.3 is 0 Å². The van der Waals surface area contributed by atoms with Crippen LogP contribution in [0, 0.1) is 5.82 Å². The highest BCUT2D eigenvalue weighted by Crippen LogP contribution is 2.32. The van der Waals surface area contributed by atoms with Crippen molar-refractivity contribution in [1.82, 2.24) is 0 Å². The van der Waals surface area contributed by atoms with E-state index in [0.29, 0.717) is 5.69 Å². The Morgan fingerprint density at radius 1 is 1.38 bits per heavy atom. The molecule has 0 atom stereocenters. The van der Waals surface area contributed by atoms with Gasteiger partial charge in [0.1, 0.15) is 5.82 Å². The molecule has 1 saturated heterocycles. The summed E-state index contributed by atoms with van der Waals surface area (Å²) in [6.07, 6.45) is 0. The predicted molar refractivity (Wildman–Crippen MR) is 69.6 cm³/mol. The first kappa shape index (κ1) is 11.6. The third-order valence-electron chi connectivity index (χ3n) is 2.70. The summed E-state index contributed by atoms with van der Waals surface area (Å²) in [4.78, 5) is 2.20. The summed E-state index contributed by atoms with van der Waals surface area (Å²) in [5.74, 6) is 0.815. The fourth-order valence-corrected chi connectivity index (χ4v) is 3.13. The molecule has 2 rings (SSSR count). The summed E-state index contributed by atoms with van der Waals surface area (Å²) in [6.45, 7) is 6.32. The van der Waals surface area contributed by atoms with Crippen molar-refractivity contribution in [3.05, 3.63) is 24.0 Å². The van der Waals surface area contributed by atoms with Crippen molar-refractivity contribution in [2.75, 3.05) is 29.5 Å². The van der Waals surface area contributed by atoms with E-state index in [0.717, 1.165) is 24.5 Å². The highest BCUT2D eigenvalue weighted by atomic mass is 32.2. The van der Waals surface area contributed by atoms with Crippen molar-refractivity contribution < 1.29 is 4.39 Å². The molecule has 0 spiro atoms. The summed E-state index contributed by atoms with van der Waals surface area (Å²) in [6, 6.07) is 4.75. The van der Waals surface area contributed by atoms with Gasteiger partial charge in [-0.3, -0.25) is 0 Å². The average Bonchev–Trinajstić information content (AvgIpc) is 2.14. The SMILES string of the molecule is CC1(C)CN(c2cc(N)cc(F)c2)CCS1. The van der Waals surface area contributed by atoms with Gasteiger partial charge in [0.05, 0.1) is 0 Å². The molecule has 0 aromatic heterocycles. The lowest BCUT2D eigenvalue weighted by atomic mass is 10.1. The van der Waals surface area contributed by atoms with Crippen LogP contribution in [0.4, 0.5) is 15.8 Å². The van der Waals surface area contributed by atoms with Gasteiger partial charge in [-0.2, -0.15) is 11.8 Å². The van der Waals surface area contributed by atoms with Crippen LogP contribution in [0.5, 0.6) is 0 Å². The highest BCUT2D eigenvalue weighted by Gasteiger charge is 2.27. The Morgan fingerprint density at radius 2 is 2.12 bits per heavy atom. The molecular weight excluding hydrogens is 223 g/mol. The number of hydrogen-bond acceptors (Lipinski definition) is 3. The molecule has 1 aromatic carbocycles. The summed E-state index contributed by atoms with van der Waals surface area (Å²) in [5.41, 5.74) is 7.05. The zero-order chi connectivity index (χ0) is 11.8. The number of halogens is 1. The summed E-state index contributed by atoms with van der Waals surface area (Å²) in [5, 5.41) is 0. The van der Waals surface area contributed by atoms with Crippen molar-refractivity contribution in [3.63, 3.8) is 0 Å². The van der Waals surface area contributed by atoms with Crippen LogP contribution in [0.15, 0.2) is 18.2 Å². The molecule has 0 radical (unpaired) electrons. The van der Waals surface area contributed by atoms with Crippen molar-refractivity contribution in [2.24, 2.45) is 0 Å². The third kappa shape index (κ3) is 2.61. The Balaban J connectivity index is 2.23. The molecule has 1 aliphatic heterocycles. The molecule has 1 aromatic rings. The molecule has 1 fully saturated rings. The first-order valence-corrected chi connectivity index (χ1v) is 6.40. The number of nitrogen functional groups attached to an aromatic ring is 1. The number of anilines is 2. The topological polar surface area (TPSA) is 29.3 Å². The lowest BCUT2D eigenvalue weighted by molar-refractivity contribution is 0.620. The molecule has 88 valence electrons. The van der Waals surface area contributed by atoms with E-state index in [-0.39, 0.29) is 10.6 Å². The fourth-order valence-electron chi connectivity index (χ4n) is 2.02. The third-order valence-corrected chi connectivity index (χ3v) is 3.99. The molecule has 16 heavy (non-hydrogen) atoms. The molecule has 1 aliphatic rings. The number of nitrogens with zero attached hydrogens (tertiary/aromatic N) is 1. The minimum Gasteiger partial charge on any atom is -0.399 e. The largest absolute Gasteiger partial charge is 0.399 e. The van der Waals surface area contributed by atoms with Gasteiger partial charge in [-0.25, -0.2) is 4.39 Å². The number of thioether (sulfide) groups is 1. The Kier molecular flexibility index (Phi) is 3.02. The molecule has 0 saturated carbocycles. The lowest BCUT2D eigenvalue weighted by Crippen LogP contribution is -2.43. The smallest absolute Gasteiger partial charge is 0.127 e. The van der Waals surface area contributed by atoms with Crippen molar-refractivity contribution in [2.45, 2.75) is 18.6 Å². The maximum Gasteiger partial charge on any atom is 0.127 e. The Labute approximate surface area is 100 Å². The second-order valence-electron chi connectivity index (χ2n) is 4.77. The Bertz CT molecular complexity index is 372. The summed E-state index contributed by atoms with van der Waals surface area (Å²) < 4.78 is 13.5. The second kappa shape index (κ2) is 4.17. The van der Waals surface area contributed by atoms with Crippen molar-refractivity contribution in [1.29, 1.82) is 0 Å². The van der Waals surface area contributed by atoms with Crippen LogP contribution >= 0.6 is 11.8 Å².